The quantitative estimate of drug-likeness (QED) is 0.831. The topological polar surface area (TPSA) is 50.9 Å². The summed E-state index contributed by atoms with van der Waals surface area (Å²) in [6, 6.07) is 4.59. The second-order valence-corrected chi connectivity index (χ2v) is 5.93. The molecule has 17 heavy (non-hydrogen) atoms. The Morgan fingerprint density at radius 1 is 1.29 bits per heavy atom. The van der Waals surface area contributed by atoms with Crippen LogP contribution in [0.3, 0.4) is 0 Å². The van der Waals surface area contributed by atoms with E-state index in [1.165, 1.54) is 19.3 Å². The maximum Gasteiger partial charge on any atom is 0.0770 e. The summed E-state index contributed by atoms with van der Waals surface area (Å²) in [4.78, 5) is 4.34. The Kier molecular flexibility index (Phi) is 2.01. The maximum absolute atomic E-state index is 5.91. The number of nitrogen functional groups attached to an aromatic ring is 1. The molecule has 1 heterocycles. The van der Waals surface area contributed by atoms with Gasteiger partial charge in [0.05, 0.1) is 11.4 Å². The van der Waals surface area contributed by atoms with Crippen LogP contribution in [0.2, 0.25) is 0 Å². The molecule has 1 aromatic heterocycles. The highest BCUT2D eigenvalue weighted by Crippen LogP contribution is 2.65. The monoisotopic (exact) mass is 229 g/mol. The van der Waals surface area contributed by atoms with Gasteiger partial charge in [-0.15, -0.1) is 0 Å². The lowest BCUT2D eigenvalue weighted by Crippen LogP contribution is -2.23. The molecule has 4 unspecified atom stereocenters. The van der Waals surface area contributed by atoms with Crippen LogP contribution in [0.25, 0.3) is 0 Å². The fourth-order valence-electron chi connectivity index (χ4n) is 4.41. The van der Waals surface area contributed by atoms with E-state index in [0.29, 0.717) is 0 Å². The number of rotatable bonds is 3. The van der Waals surface area contributed by atoms with Crippen LogP contribution >= 0.6 is 0 Å². The molecule has 0 radical (unpaired) electrons. The summed E-state index contributed by atoms with van der Waals surface area (Å²) in [6.07, 6.45) is 6.30. The van der Waals surface area contributed by atoms with Crippen LogP contribution in [-0.4, -0.2) is 11.0 Å². The number of nitrogens with zero attached hydrogens (tertiary/aromatic N) is 1. The van der Waals surface area contributed by atoms with Gasteiger partial charge in [0.1, 0.15) is 0 Å². The lowest BCUT2D eigenvalue weighted by molar-refractivity contribution is 0.456. The molecular weight excluding hydrogens is 210 g/mol. The second-order valence-electron chi connectivity index (χ2n) is 5.93. The van der Waals surface area contributed by atoms with Gasteiger partial charge in [-0.05, 0) is 55.1 Å². The van der Waals surface area contributed by atoms with Gasteiger partial charge in [0.2, 0.25) is 0 Å². The molecule has 0 aliphatic heterocycles. The van der Waals surface area contributed by atoms with E-state index in [9.17, 15) is 0 Å². The molecule has 0 amide bonds. The van der Waals surface area contributed by atoms with E-state index in [0.717, 1.165) is 47.6 Å². The van der Waals surface area contributed by atoms with Crippen LogP contribution < -0.4 is 11.1 Å². The molecule has 3 heteroatoms. The van der Waals surface area contributed by atoms with Crippen molar-refractivity contribution in [2.24, 2.45) is 23.7 Å². The van der Waals surface area contributed by atoms with E-state index in [4.69, 9.17) is 5.73 Å². The lowest BCUT2D eigenvalue weighted by Gasteiger charge is -2.11. The van der Waals surface area contributed by atoms with Crippen molar-refractivity contribution >= 4 is 5.69 Å². The molecule has 3 fully saturated rings. The zero-order valence-electron chi connectivity index (χ0n) is 9.97. The highest BCUT2D eigenvalue weighted by atomic mass is 15.0. The van der Waals surface area contributed by atoms with E-state index in [1.54, 1.807) is 0 Å². The minimum absolute atomic E-state index is 0.766. The van der Waals surface area contributed by atoms with Crippen LogP contribution in [0.1, 0.15) is 25.0 Å². The first-order chi connectivity index (χ1) is 8.34. The summed E-state index contributed by atoms with van der Waals surface area (Å²) < 4.78 is 0. The highest BCUT2D eigenvalue weighted by Gasteiger charge is 2.64. The number of anilines is 1. The van der Waals surface area contributed by atoms with Crippen LogP contribution in [0.15, 0.2) is 18.3 Å². The standard InChI is InChI=1S/C14H19N3/c15-10-2-1-5-16-11(10)7-17-14-12-8-3-4-9(6-8)13(12)14/h1-2,5,8-9,12-14,17H,3-4,6-7,15H2. The van der Waals surface area contributed by atoms with Gasteiger partial charge in [0, 0.05) is 18.8 Å². The molecule has 3 saturated carbocycles. The predicted octanol–water partition coefficient (Wildman–Crippen LogP) is 1.80. The largest absolute Gasteiger partial charge is 0.397 e. The molecule has 0 saturated heterocycles. The molecule has 4 atom stereocenters. The van der Waals surface area contributed by atoms with Crippen molar-refractivity contribution in [3.8, 4) is 0 Å². The Hall–Kier alpha value is -1.09. The van der Waals surface area contributed by atoms with Gasteiger partial charge in [0.25, 0.3) is 0 Å². The predicted molar refractivity (Wildman–Crippen MR) is 67.1 cm³/mol. The van der Waals surface area contributed by atoms with Crippen molar-refractivity contribution < 1.29 is 0 Å². The third kappa shape index (κ3) is 1.41. The minimum atomic E-state index is 0.766. The highest BCUT2D eigenvalue weighted by molar-refractivity contribution is 5.41. The molecule has 0 spiro atoms. The van der Waals surface area contributed by atoms with Gasteiger partial charge in [0.15, 0.2) is 0 Å². The number of fused-ring (bicyclic) bond motifs is 5. The molecule has 4 rings (SSSR count). The van der Waals surface area contributed by atoms with Crippen LogP contribution in [0.4, 0.5) is 5.69 Å². The lowest BCUT2D eigenvalue weighted by atomic mass is 10.0. The maximum atomic E-state index is 5.91. The SMILES string of the molecule is Nc1cccnc1CNC1C2C3CCC(C3)C12. The van der Waals surface area contributed by atoms with Crippen molar-refractivity contribution in [1.82, 2.24) is 10.3 Å². The van der Waals surface area contributed by atoms with Gasteiger partial charge >= 0.3 is 0 Å². The van der Waals surface area contributed by atoms with Crippen LogP contribution in [-0.2, 0) is 6.54 Å². The van der Waals surface area contributed by atoms with Crippen molar-refractivity contribution in [2.45, 2.75) is 31.8 Å². The van der Waals surface area contributed by atoms with Gasteiger partial charge in [-0.2, -0.15) is 0 Å². The molecule has 2 bridgehead atoms. The van der Waals surface area contributed by atoms with Crippen molar-refractivity contribution in [3.63, 3.8) is 0 Å². The first kappa shape index (κ1) is 9.89. The van der Waals surface area contributed by atoms with E-state index in [-0.39, 0.29) is 0 Å². The zero-order chi connectivity index (χ0) is 11.4. The number of nitrogens with one attached hydrogen (secondary N) is 1. The molecular formula is C14H19N3. The Morgan fingerprint density at radius 3 is 2.76 bits per heavy atom. The first-order valence-electron chi connectivity index (χ1n) is 6.77. The fraction of sp³-hybridized carbons (Fsp3) is 0.643. The molecule has 3 nitrogen and oxygen atoms in total. The molecule has 3 aliphatic rings. The fourth-order valence-corrected chi connectivity index (χ4v) is 4.41. The Balaban J connectivity index is 1.40. The summed E-state index contributed by atoms with van der Waals surface area (Å²) in [6.45, 7) is 0.837. The number of pyridine rings is 1. The summed E-state index contributed by atoms with van der Waals surface area (Å²) >= 11 is 0. The molecule has 90 valence electrons. The average Bonchev–Trinajstić information content (AvgIpc) is 2.74. The number of aromatic nitrogens is 1. The second kappa shape index (κ2) is 3.45. The van der Waals surface area contributed by atoms with Crippen LogP contribution in [0.5, 0.6) is 0 Å². The Labute approximate surface area is 102 Å². The average molecular weight is 229 g/mol. The Bertz CT molecular complexity index is 429. The smallest absolute Gasteiger partial charge is 0.0770 e. The van der Waals surface area contributed by atoms with E-state index in [2.05, 4.69) is 10.3 Å². The summed E-state index contributed by atoms with van der Waals surface area (Å²) in [5, 5.41) is 3.67. The van der Waals surface area contributed by atoms with E-state index in [1.807, 2.05) is 18.3 Å². The number of nitrogens with two attached hydrogens (primary N) is 1. The van der Waals surface area contributed by atoms with Crippen LogP contribution in [0, 0.1) is 23.7 Å². The van der Waals surface area contributed by atoms with E-state index >= 15 is 0 Å². The third-order valence-corrected chi connectivity index (χ3v) is 5.17. The number of hydrogen-bond acceptors (Lipinski definition) is 3. The van der Waals surface area contributed by atoms with Crippen molar-refractivity contribution in [3.05, 3.63) is 24.0 Å². The molecule has 3 N–H and O–H groups in total. The summed E-state index contributed by atoms with van der Waals surface area (Å²) in [5.74, 6) is 4.03. The van der Waals surface area contributed by atoms with E-state index < -0.39 is 0 Å². The Morgan fingerprint density at radius 2 is 2.06 bits per heavy atom. The molecule has 0 aromatic carbocycles. The summed E-state index contributed by atoms with van der Waals surface area (Å²) in [7, 11) is 0. The van der Waals surface area contributed by atoms with Crippen molar-refractivity contribution in [2.75, 3.05) is 5.73 Å². The van der Waals surface area contributed by atoms with Gasteiger partial charge in [-0.3, -0.25) is 4.98 Å². The number of hydrogen-bond donors (Lipinski definition) is 2. The first-order valence-corrected chi connectivity index (χ1v) is 6.77. The molecule has 3 aliphatic carbocycles. The normalized spacial score (nSPS) is 41.5. The molecule has 1 aromatic rings. The van der Waals surface area contributed by atoms with Gasteiger partial charge in [-0.25, -0.2) is 0 Å². The zero-order valence-corrected chi connectivity index (χ0v) is 9.97. The van der Waals surface area contributed by atoms with Crippen molar-refractivity contribution in [1.29, 1.82) is 0 Å². The van der Waals surface area contributed by atoms with Gasteiger partial charge < -0.3 is 11.1 Å². The summed E-state index contributed by atoms with van der Waals surface area (Å²) in [5.41, 5.74) is 7.73. The minimum Gasteiger partial charge on any atom is -0.397 e. The third-order valence-electron chi connectivity index (χ3n) is 5.17. The van der Waals surface area contributed by atoms with Gasteiger partial charge in [-0.1, -0.05) is 0 Å².